The Balaban J connectivity index is 2.80. The van der Waals surface area contributed by atoms with Gasteiger partial charge in [-0.25, -0.2) is 0 Å². The van der Waals surface area contributed by atoms with E-state index < -0.39 is 0 Å². The lowest BCUT2D eigenvalue weighted by molar-refractivity contribution is 0.0760. The molecule has 0 saturated heterocycles. The first-order valence-electron chi connectivity index (χ1n) is 7.00. The summed E-state index contributed by atoms with van der Waals surface area (Å²) in [6.07, 6.45) is 0.962. The molecule has 0 aliphatic carbocycles. The number of anilines is 1. The second-order valence-corrected chi connectivity index (χ2v) is 5.24. The lowest BCUT2D eigenvalue weighted by atomic mass is 10.1. The third kappa shape index (κ3) is 4.51. The number of hydrogen-bond acceptors (Lipinski definition) is 4. The Bertz CT molecular complexity index is 445. The van der Waals surface area contributed by atoms with E-state index >= 15 is 0 Å². The van der Waals surface area contributed by atoms with E-state index in [0.717, 1.165) is 25.1 Å². The molecule has 0 aliphatic heterocycles. The third-order valence-corrected chi connectivity index (χ3v) is 3.26. The predicted octanol–water partition coefficient (Wildman–Crippen LogP) is 1.69. The maximum absolute atomic E-state index is 12.6. The Morgan fingerprint density at radius 1 is 1.30 bits per heavy atom. The molecule has 0 bridgehead atoms. The van der Waals surface area contributed by atoms with Gasteiger partial charge in [0.05, 0.1) is 11.3 Å². The number of carbonyl (C=O) groups is 1. The largest absolute Gasteiger partial charge is 0.339 e. The molecule has 3 N–H and O–H groups in total. The highest BCUT2D eigenvalue weighted by Gasteiger charge is 2.17. The Morgan fingerprint density at radius 2 is 2.00 bits per heavy atom. The summed E-state index contributed by atoms with van der Waals surface area (Å²) in [5.74, 6) is 5.54. The van der Waals surface area contributed by atoms with Crippen LogP contribution in [-0.4, -0.2) is 49.4 Å². The average Bonchev–Trinajstić information content (AvgIpc) is 2.42. The van der Waals surface area contributed by atoms with Crippen LogP contribution in [0.5, 0.6) is 0 Å². The quantitative estimate of drug-likeness (QED) is 0.588. The molecule has 0 heterocycles. The van der Waals surface area contributed by atoms with Gasteiger partial charge in [0, 0.05) is 13.1 Å². The number of hydrazine groups is 1. The van der Waals surface area contributed by atoms with Gasteiger partial charge in [-0.3, -0.25) is 10.6 Å². The minimum absolute atomic E-state index is 0.0270. The topological polar surface area (TPSA) is 61.6 Å². The van der Waals surface area contributed by atoms with Crippen LogP contribution in [0.15, 0.2) is 18.2 Å². The van der Waals surface area contributed by atoms with Crippen LogP contribution in [0.2, 0.25) is 0 Å². The fourth-order valence-electron chi connectivity index (χ4n) is 2.12. The molecule has 0 aliphatic rings. The number of rotatable bonds is 7. The smallest absolute Gasteiger partial charge is 0.255 e. The van der Waals surface area contributed by atoms with Crippen LogP contribution in [0.25, 0.3) is 0 Å². The van der Waals surface area contributed by atoms with Gasteiger partial charge in [-0.15, -0.1) is 0 Å². The molecule has 0 saturated carbocycles. The van der Waals surface area contributed by atoms with E-state index in [4.69, 9.17) is 5.84 Å². The number of aryl methyl sites for hydroxylation is 1. The molecule has 0 atom stereocenters. The maximum Gasteiger partial charge on any atom is 0.255 e. The first kappa shape index (κ1) is 16.5. The van der Waals surface area contributed by atoms with Crippen molar-refractivity contribution in [2.45, 2.75) is 20.3 Å². The molecule has 1 aromatic rings. The summed E-state index contributed by atoms with van der Waals surface area (Å²) in [5, 5.41) is 0. The van der Waals surface area contributed by atoms with Gasteiger partial charge in [0.2, 0.25) is 0 Å². The molecular formula is C15H26N4O. The van der Waals surface area contributed by atoms with Crippen LogP contribution < -0.4 is 11.3 Å². The van der Waals surface area contributed by atoms with Crippen molar-refractivity contribution in [1.29, 1.82) is 0 Å². The fourth-order valence-corrected chi connectivity index (χ4v) is 2.12. The molecule has 1 aromatic carbocycles. The molecule has 20 heavy (non-hydrogen) atoms. The average molecular weight is 278 g/mol. The zero-order valence-electron chi connectivity index (χ0n) is 12.9. The maximum atomic E-state index is 12.6. The standard InChI is InChI=1S/C15H26N4O/c1-5-19(10-6-9-18(3)4)15(20)13-8-7-12(2)11-14(13)17-16/h7-8,11,17H,5-6,9-10,16H2,1-4H3. The summed E-state index contributed by atoms with van der Waals surface area (Å²) in [5.41, 5.74) is 5.00. The summed E-state index contributed by atoms with van der Waals surface area (Å²) in [4.78, 5) is 16.5. The van der Waals surface area contributed by atoms with Gasteiger partial charge < -0.3 is 15.2 Å². The number of nitrogens with zero attached hydrogens (tertiary/aromatic N) is 2. The zero-order valence-corrected chi connectivity index (χ0v) is 12.9. The molecule has 5 heteroatoms. The first-order valence-corrected chi connectivity index (χ1v) is 7.00. The molecule has 0 fully saturated rings. The monoisotopic (exact) mass is 278 g/mol. The van der Waals surface area contributed by atoms with E-state index in [0.29, 0.717) is 17.8 Å². The molecule has 112 valence electrons. The van der Waals surface area contributed by atoms with Crippen molar-refractivity contribution in [3.63, 3.8) is 0 Å². The van der Waals surface area contributed by atoms with Crippen molar-refractivity contribution >= 4 is 11.6 Å². The Labute approximate surface area is 121 Å². The van der Waals surface area contributed by atoms with E-state index in [2.05, 4.69) is 10.3 Å². The molecule has 0 radical (unpaired) electrons. The molecule has 0 spiro atoms. The summed E-state index contributed by atoms with van der Waals surface area (Å²) >= 11 is 0. The van der Waals surface area contributed by atoms with E-state index in [1.54, 1.807) is 0 Å². The second kappa shape index (κ2) is 7.87. The van der Waals surface area contributed by atoms with Gasteiger partial charge in [-0.1, -0.05) is 6.07 Å². The highest BCUT2D eigenvalue weighted by atomic mass is 16.2. The number of nitrogens with two attached hydrogens (primary N) is 1. The Kier molecular flexibility index (Phi) is 6.48. The van der Waals surface area contributed by atoms with Crippen LogP contribution in [-0.2, 0) is 0 Å². The SMILES string of the molecule is CCN(CCCN(C)C)C(=O)c1ccc(C)cc1NN. The Hall–Kier alpha value is -1.59. The summed E-state index contributed by atoms with van der Waals surface area (Å²) in [6.45, 7) is 6.40. The number of carbonyl (C=O) groups excluding carboxylic acids is 1. The van der Waals surface area contributed by atoms with Crippen molar-refractivity contribution < 1.29 is 4.79 Å². The van der Waals surface area contributed by atoms with E-state index in [1.807, 2.05) is 51.0 Å². The summed E-state index contributed by atoms with van der Waals surface area (Å²) in [6, 6.07) is 5.66. The zero-order chi connectivity index (χ0) is 15.1. The molecule has 0 unspecified atom stereocenters. The predicted molar refractivity (Wildman–Crippen MR) is 83.7 cm³/mol. The van der Waals surface area contributed by atoms with Crippen molar-refractivity contribution in [3.8, 4) is 0 Å². The van der Waals surface area contributed by atoms with Crippen LogP contribution in [0, 0.1) is 6.92 Å². The van der Waals surface area contributed by atoms with Crippen molar-refractivity contribution in [2.24, 2.45) is 5.84 Å². The van der Waals surface area contributed by atoms with Crippen molar-refractivity contribution in [1.82, 2.24) is 9.80 Å². The van der Waals surface area contributed by atoms with E-state index in [9.17, 15) is 4.79 Å². The van der Waals surface area contributed by atoms with Gasteiger partial charge in [0.15, 0.2) is 0 Å². The minimum Gasteiger partial charge on any atom is -0.339 e. The number of nitrogen functional groups attached to an aromatic ring is 1. The Morgan fingerprint density at radius 3 is 2.55 bits per heavy atom. The molecule has 1 rings (SSSR count). The van der Waals surface area contributed by atoms with E-state index in [1.165, 1.54) is 0 Å². The molecular weight excluding hydrogens is 252 g/mol. The van der Waals surface area contributed by atoms with Gasteiger partial charge in [0.25, 0.3) is 5.91 Å². The van der Waals surface area contributed by atoms with Crippen molar-refractivity contribution in [2.75, 3.05) is 39.2 Å². The number of amides is 1. The molecule has 5 nitrogen and oxygen atoms in total. The second-order valence-electron chi connectivity index (χ2n) is 5.24. The van der Waals surface area contributed by atoms with Gasteiger partial charge in [-0.05, 0) is 58.6 Å². The number of hydrogen-bond donors (Lipinski definition) is 2. The highest BCUT2D eigenvalue weighted by molar-refractivity contribution is 5.99. The first-order chi connectivity index (χ1) is 9.49. The third-order valence-electron chi connectivity index (χ3n) is 3.26. The highest BCUT2D eigenvalue weighted by Crippen LogP contribution is 2.18. The number of benzene rings is 1. The van der Waals surface area contributed by atoms with Crippen LogP contribution in [0.1, 0.15) is 29.3 Å². The van der Waals surface area contributed by atoms with Crippen LogP contribution >= 0.6 is 0 Å². The van der Waals surface area contributed by atoms with Gasteiger partial charge in [0.1, 0.15) is 0 Å². The lowest BCUT2D eigenvalue weighted by Crippen LogP contribution is -2.34. The fraction of sp³-hybridized carbons (Fsp3) is 0.533. The van der Waals surface area contributed by atoms with Crippen LogP contribution in [0.3, 0.4) is 0 Å². The normalized spacial score (nSPS) is 10.7. The van der Waals surface area contributed by atoms with Gasteiger partial charge >= 0.3 is 0 Å². The summed E-state index contributed by atoms with van der Waals surface area (Å²) in [7, 11) is 4.07. The minimum atomic E-state index is 0.0270. The summed E-state index contributed by atoms with van der Waals surface area (Å²) < 4.78 is 0. The molecule has 0 aromatic heterocycles. The van der Waals surface area contributed by atoms with Crippen LogP contribution in [0.4, 0.5) is 5.69 Å². The molecule has 1 amide bonds. The van der Waals surface area contributed by atoms with Gasteiger partial charge in [-0.2, -0.15) is 0 Å². The number of nitrogens with one attached hydrogen (secondary N) is 1. The lowest BCUT2D eigenvalue weighted by Gasteiger charge is -2.23. The van der Waals surface area contributed by atoms with E-state index in [-0.39, 0.29) is 5.91 Å². The van der Waals surface area contributed by atoms with Crippen molar-refractivity contribution in [3.05, 3.63) is 29.3 Å².